The van der Waals surface area contributed by atoms with Crippen molar-refractivity contribution in [3.8, 4) is 0 Å². The maximum absolute atomic E-state index is 11.1. The number of nitrogens with one attached hydrogen (secondary N) is 1. The highest BCUT2D eigenvalue weighted by molar-refractivity contribution is 7.21. The molecule has 0 saturated heterocycles. The lowest BCUT2D eigenvalue weighted by Gasteiger charge is -2.07. The number of thiophene rings is 1. The number of hydrogen-bond donors (Lipinski definition) is 2. The Bertz CT molecular complexity index is 661. The van der Waals surface area contributed by atoms with E-state index in [4.69, 9.17) is 51.5 Å². The number of aromatic nitrogens is 2. The summed E-state index contributed by atoms with van der Waals surface area (Å²) in [5.41, 5.74) is -0.0386. The number of aromatic carboxylic acids is 1. The van der Waals surface area contributed by atoms with Gasteiger partial charge in [-0.1, -0.05) is 34.8 Å². The Balaban J connectivity index is 2.49. The summed E-state index contributed by atoms with van der Waals surface area (Å²) in [5, 5.41) is 11.9. The van der Waals surface area contributed by atoms with Gasteiger partial charge in [-0.25, -0.2) is 9.78 Å². The molecule has 2 N–H and O–H groups in total. The fraction of sp³-hybridized carbons (Fsp3) is 0. The molecule has 19 heavy (non-hydrogen) atoms. The minimum atomic E-state index is -1.22. The molecule has 2 aromatic heterocycles. The summed E-state index contributed by atoms with van der Waals surface area (Å²) in [6.07, 6.45) is 1.28. The summed E-state index contributed by atoms with van der Waals surface area (Å²) in [6.45, 7) is 0. The number of carbonyl (C=O) groups is 1. The van der Waals surface area contributed by atoms with Crippen LogP contribution < -0.4 is 5.32 Å². The molecule has 5 nitrogen and oxygen atoms in total. The third-order valence-electron chi connectivity index (χ3n) is 1.99. The molecule has 0 unspecified atom stereocenters. The van der Waals surface area contributed by atoms with Gasteiger partial charge < -0.3 is 10.4 Å². The van der Waals surface area contributed by atoms with E-state index in [1.54, 1.807) is 0 Å². The van der Waals surface area contributed by atoms with Crippen molar-refractivity contribution >= 4 is 75.2 Å². The van der Waals surface area contributed by atoms with Crippen LogP contribution in [0, 0.1) is 0 Å². The standard InChI is InChI=1S/C9H3Cl4N3O2S/c10-2-1-14-9(13)16-7(2)15-4-3(8(17)18)5(11)19-6(4)12/h1H,(H,17,18)(H,14,15,16). The van der Waals surface area contributed by atoms with Gasteiger partial charge in [0.25, 0.3) is 0 Å². The van der Waals surface area contributed by atoms with Crippen LogP contribution in [0.3, 0.4) is 0 Å². The Morgan fingerprint density at radius 3 is 2.58 bits per heavy atom. The molecule has 10 heteroatoms. The number of hydrogen-bond acceptors (Lipinski definition) is 5. The van der Waals surface area contributed by atoms with Gasteiger partial charge in [0.1, 0.15) is 19.3 Å². The maximum Gasteiger partial charge on any atom is 0.340 e. The quantitative estimate of drug-likeness (QED) is 0.784. The third-order valence-corrected chi connectivity index (χ3v) is 4.06. The zero-order chi connectivity index (χ0) is 14.2. The average molecular weight is 359 g/mol. The molecule has 0 fully saturated rings. The second-order valence-electron chi connectivity index (χ2n) is 3.17. The maximum atomic E-state index is 11.1. The van der Waals surface area contributed by atoms with E-state index in [1.807, 2.05) is 0 Å². The second-order valence-corrected chi connectivity index (χ2v) is 6.14. The molecule has 0 radical (unpaired) electrons. The summed E-state index contributed by atoms with van der Waals surface area (Å²) in [4.78, 5) is 18.6. The number of nitrogens with zero attached hydrogens (tertiary/aromatic N) is 2. The summed E-state index contributed by atoms with van der Waals surface area (Å²) in [6, 6.07) is 0. The number of carboxylic acids is 1. The van der Waals surface area contributed by atoms with Gasteiger partial charge in [-0.2, -0.15) is 4.98 Å². The Hall–Kier alpha value is -0.790. The molecular weight excluding hydrogens is 356 g/mol. The Morgan fingerprint density at radius 2 is 1.95 bits per heavy atom. The molecule has 2 heterocycles. The monoisotopic (exact) mass is 357 g/mol. The van der Waals surface area contributed by atoms with Crippen LogP contribution in [-0.2, 0) is 0 Å². The van der Waals surface area contributed by atoms with Crippen molar-refractivity contribution in [1.29, 1.82) is 0 Å². The fourth-order valence-corrected chi connectivity index (χ4v) is 3.11. The molecule has 0 spiro atoms. The first kappa shape index (κ1) is 14.6. The number of carboxylic acid groups (broad SMARTS) is 1. The molecule has 0 amide bonds. The van der Waals surface area contributed by atoms with Gasteiger partial charge in [-0.05, 0) is 11.6 Å². The summed E-state index contributed by atoms with van der Waals surface area (Å²) < 4.78 is 0.226. The molecule has 0 aliphatic rings. The van der Waals surface area contributed by atoms with E-state index in [-0.39, 0.29) is 36.0 Å². The SMILES string of the molecule is O=C(O)c1c(Cl)sc(Cl)c1Nc1nc(Cl)ncc1Cl. The van der Waals surface area contributed by atoms with Gasteiger partial charge in [0.2, 0.25) is 5.28 Å². The van der Waals surface area contributed by atoms with Crippen LogP contribution in [0.5, 0.6) is 0 Å². The van der Waals surface area contributed by atoms with Gasteiger partial charge in [-0.15, -0.1) is 11.3 Å². The minimum Gasteiger partial charge on any atom is -0.478 e. The van der Waals surface area contributed by atoms with E-state index in [2.05, 4.69) is 15.3 Å². The summed E-state index contributed by atoms with van der Waals surface area (Å²) in [7, 11) is 0. The van der Waals surface area contributed by atoms with Crippen LogP contribution in [0.2, 0.25) is 19.0 Å². The van der Waals surface area contributed by atoms with Gasteiger partial charge in [0, 0.05) is 0 Å². The molecule has 2 aromatic rings. The van der Waals surface area contributed by atoms with Gasteiger partial charge in [0.15, 0.2) is 5.82 Å². The van der Waals surface area contributed by atoms with Crippen LogP contribution in [0.15, 0.2) is 6.20 Å². The van der Waals surface area contributed by atoms with Crippen LogP contribution >= 0.6 is 57.7 Å². The van der Waals surface area contributed by atoms with E-state index in [0.29, 0.717) is 0 Å². The lowest BCUT2D eigenvalue weighted by Crippen LogP contribution is -2.02. The third kappa shape index (κ3) is 3.04. The predicted molar refractivity (Wildman–Crippen MR) is 76.6 cm³/mol. The second kappa shape index (κ2) is 5.68. The molecule has 0 aromatic carbocycles. The van der Waals surface area contributed by atoms with Gasteiger partial charge in [-0.3, -0.25) is 0 Å². The van der Waals surface area contributed by atoms with Crippen LogP contribution in [-0.4, -0.2) is 21.0 Å². The van der Waals surface area contributed by atoms with Crippen molar-refractivity contribution in [2.45, 2.75) is 0 Å². The molecular formula is C9H3Cl4N3O2S. The van der Waals surface area contributed by atoms with Crippen LogP contribution in [0.25, 0.3) is 0 Å². The van der Waals surface area contributed by atoms with Crippen LogP contribution in [0.4, 0.5) is 11.5 Å². The smallest absolute Gasteiger partial charge is 0.340 e. The molecule has 2 rings (SSSR count). The lowest BCUT2D eigenvalue weighted by atomic mass is 10.3. The highest BCUT2D eigenvalue weighted by atomic mass is 35.5. The molecule has 0 bridgehead atoms. The highest BCUT2D eigenvalue weighted by Crippen LogP contribution is 2.42. The van der Waals surface area contributed by atoms with Gasteiger partial charge >= 0.3 is 5.97 Å². The topological polar surface area (TPSA) is 75.1 Å². The zero-order valence-electron chi connectivity index (χ0n) is 8.75. The average Bonchev–Trinajstić information content (AvgIpc) is 2.59. The Morgan fingerprint density at radius 1 is 1.26 bits per heavy atom. The highest BCUT2D eigenvalue weighted by Gasteiger charge is 2.23. The first-order valence-corrected chi connectivity index (χ1v) is 6.89. The zero-order valence-corrected chi connectivity index (χ0v) is 12.6. The largest absolute Gasteiger partial charge is 0.478 e. The van der Waals surface area contributed by atoms with Crippen molar-refractivity contribution in [2.75, 3.05) is 5.32 Å². The minimum absolute atomic E-state index is 0.0405. The molecule has 0 atom stereocenters. The summed E-state index contributed by atoms with van der Waals surface area (Å²) >= 11 is 24.2. The number of rotatable bonds is 3. The van der Waals surface area contributed by atoms with Gasteiger partial charge in [0.05, 0.1) is 11.9 Å². The van der Waals surface area contributed by atoms with E-state index >= 15 is 0 Å². The van der Waals surface area contributed by atoms with E-state index < -0.39 is 5.97 Å². The molecule has 0 saturated carbocycles. The van der Waals surface area contributed by atoms with Crippen molar-refractivity contribution in [3.05, 3.63) is 30.7 Å². The molecule has 100 valence electrons. The van der Waals surface area contributed by atoms with E-state index in [9.17, 15) is 4.79 Å². The molecule has 0 aliphatic carbocycles. The van der Waals surface area contributed by atoms with Crippen LogP contribution in [0.1, 0.15) is 10.4 Å². The first-order valence-electron chi connectivity index (χ1n) is 4.56. The normalized spacial score (nSPS) is 10.5. The van der Waals surface area contributed by atoms with Crippen molar-refractivity contribution < 1.29 is 9.90 Å². The van der Waals surface area contributed by atoms with Crippen molar-refractivity contribution in [3.63, 3.8) is 0 Å². The first-order chi connectivity index (χ1) is 8.90. The molecule has 0 aliphatic heterocycles. The number of anilines is 2. The van der Waals surface area contributed by atoms with Crippen molar-refractivity contribution in [2.24, 2.45) is 0 Å². The Kier molecular flexibility index (Phi) is 4.37. The Labute approximate surface area is 131 Å². The lowest BCUT2D eigenvalue weighted by molar-refractivity contribution is 0.0698. The predicted octanol–water partition coefficient (Wildman–Crippen LogP) is 4.59. The van der Waals surface area contributed by atoms with E-state index in [1.165, 1.54) is 6.20 Å². The summed E-state index contributed by atoms with van der Waals surface area (Å²) in [5.74, 6) is -1.08. The number of halogens is 4. The fourth-order valence-electron chi connectivity index (χ4n) is 1.23. The van der Waals surface area contributed by atoms with E-state index in [0.717, 1.165) is 11.3 Å². The van der Waals surface area contributed by atoms with Crippen molar-refractivity contribution in [1.82, 2.24) is 9.97 Å².